The molecule has 0 bridgehead atoms. The molecule has 1 aromatic heterocycles. The lowest BCUT2D eigenvalue weighted by atomic mass is 10.0. The van der Waals surface area contributed by atoms with Crippen LogP contribution in [0.2, 0.25) is 0 Å². The zero-order valence-electron chi connectivity index (χ0n) is 12.4. The molecule has 0 saturated heterocycles. The van der Waals surface area contributed by atoms with E-state index in [4.69, 9.17) is 0 Å². The number of hydrogen-bond donors (Lipinski definition) is 0. The fourth-order valence-corrected chi connectivity index (χ4v) is 2.84. The molecule has 0 atom stereocenters. The lowest BCUT2D eigenvalue weighted by molar-refractivity contribution is -0.112. The van der Waals surface area contributed by atoms with Crippen LogP contribution >= 0.6 is 0 Å². The zero-order chi connectivity index (χ0) is 15.6. The summed E-state index contributed by atoms with van der Waals surface area (Å²) in [6.45, 7) is 0. The number of fused-ring (bicyclic) bond motifs is 1. The average Bonchev–Trinajstić information content (AvgIpc) is 2.89. The standard InChI is InChI=1S/C20H14N2O/c23-20-18(13-15-7-2-1-3-8-15)17-10-4-5-11-19(17)22(20)16-9-6-12-21-14-16/h1-14H/b18-13-. The molecule has 0 fully saturated rings. The first kappa shape index (κ1) is 13.5. The van der Waals surface area contributed by atoms with Gasteiger partial charge in [-0.1, -0.05) is 48.5 Å². The minimum Gasteiger partial charge on any atom is -0.275 e. The molecular formula is C20H14N2O. The molecule has 0 unspecified atom stereocenters. The van der Waals surface area contributed by atoms with Crippen molar-refractivity contribution in [2.45, 2.75) is 0 Å². The molecule has 1 aliphatic heterocycles. The van der Waals surface area contributed by atoms with Crippen LogP contribution in [-0.2, 0) is 4.79 Å². The highest BCUT2D eigenvalue weighted by Crippen LogP contribution is 2.41. The third kappa shape index (κ3) is 2.32. The molecule has 0 saturated carbocycles. The maximum absolute atomic E-state index is 13.0. The van der Waals surface area contributed by atoms with Crippen molar-refractivity contribution >= 4 is 28.9 Å². The number of aromatic nitrogens is 1. The first-order valence-corrected chi connectivity index (χ1v) is 7.45. The number of pyridine rings is 1. The van der Waals surface area contributed by atoms with E-state index >= 15 is 0 Å². The van der Waals surface area contributed by atoms with Gasteiger partial charge in [-0.25, -0.2) is 0 Å². The molecule has 2 heterocycles. The Morgan fingerprint density at radius 2 is 1.65 bits per heavy atom. The average molecular weight is 298 g/mol. The van der Waals surface area contributed by atoms with Gasteiger partial charge in [-0.3, -0.25) is 14.7 Å². The minimum atomic E-state index is -0.0250. The summed E-state index contributed by atoms with van der Waals surface area (Å²) < 4.78 is 0. The molecule has 23 heavy (non-hydrogen) atoms. The van der Waals surface area contributed by atoms with Gasteiger partial charge in [0.15, 0.2) is 0 Å². The van der Waals surface area contributed by atoms with Gasteiger partial charge in [-0.05, 0) is 29.8 Å². The number of carbonyl (C=O) groups excluding carboxylic acids is 1. The van der Waals surface area contributed by atoms with Crippen molar-refractivity contribution in [3.8, 4) is 0 Å². The van der Waals surface area contributed by atoms with Crippen molar-refractivity contribution in [2.24, 2.45) is 0 Å². The molecule has 0 aliphatic carbocycles. The van der Waals surface area contributed by atoms with E-state index in [2.05, 4.69) is 4.98 Å². The first-order chi connectivity index (χ1) is 11.3. The Hall–Kier alpha value is -3.20. The second-order valence-electron chi connectivity index (χ2n) is 5.34. The normalized spacial score (nSPS) is 15.0. The molecule has 1 amide bonds. The smallest absolute Gasteiger partial charge is 0.263 e. The maximum atomic E-state index is 13.0. The number of nitrogens with zero attached hydrogens (tertiary/aromatic N) is 2. The second-order valence-corrected chi connectivity index (χ2v) is 5.34. The van der Waals surface area contributed by atoms with Crippen LogP contribution in [0.4, 0.5) is 11.4 Å². The SMILES string of the molecule is O=C1/C(=C\c2ccccc2)c2ccccc2N1c1cccnc1. The van der Waals surface area contributed by atoms with Crippen molar-refractivity contribution in [3.63, 3.8) is 0 Å². The molecule has 2 aromatic carbocycles. The number of amides is 1. The predicted molar refractivity (Wildman–Crippen MR) is 92.1 cm³/mol. The summed E-state index contributed by atoms with van der Waals surface area (Å²) in [5, 5.41) is 0. The molecule has 3 aromatic rings. The van der Waals surface area contributed by atoms with Crippen LogP contribution in [0.5, 0.6) is 0 Å². The van der Waals surface area contributed by atoms with E-state index < -0.39 is 0 Å². The Balaban J connectivity index is 1.87. The molecule has 110 valence electrons. The quantitative estimate of drug-likeness (QED) is 0.661. The van der Waals surface area contributed by atoms with Crippen LogP contribution in [0.15, 0.2) is 79.1 Å². The molecule has 0 radical (unpaired) electrons. The van der Waals surface area contributed by atoms with E-state index in [0.717, 1.165) is 22.5 Å². The third-order valence-corrected chi connectivity index (χ3v) is 3.88. The van der Waals surface area contributed by atoms with Crippen molar-refractivity contribution in [1.29, 1.82) is 0 Å². The Morgan fingerprint density at radius 1 is 0.870 bits per heavy atom. The summed E-state index contributed by atoms with van der Waals surface area (Å²) in [6, 6.07) is 21.5. The summed E-state index contributed by atoms with van der Waals surface area (Å²) in [6.07, 6.45) is 5.36. The number of para-hydroxylation sites is 1. The van der Waals surface area contributed by atoms with E-state index in [1.54, 1.807) is 17.3 Å². The molecule has 3 heteroatoms. The van der Waals surface area contributed by atoms with Crippen LogP contribution in [0.25, 0.3) is 11.6 Å². The summed E-state index contributed by atoms with van der Waals surface area (Å²) >= 11 is 0. The fourth-order valence-electron chi connectivity index (χ4n) is 2.84. The van der Waals surface area contributed by atoms with Gasteiger partial charge in [0.1, 0.15) is 0 Å². The minimum absolute atomic E-state index is 0.0250. The lowest BCUT2D eigenvalue weighted by Gasteiger charge is -2.16. The van der Waals surface area contributed by atoms with E-state index in [1.807, 2.05) is 72.8 Å². The summed E-state index contributed by atoms with van der Waals surface area (Å²) in [7, 11) is 0. The van der Waals surface area contributed by atoms with Gasteiger partial charge in [0, 0.05) is 11.8 Å². The highest BCUT2D eigenvalue weighted by atomic mass is 16.2. The van der Waals surface area contributed by atoms with Crippen molar-refractivity contribution < 1.29 is 4.79 Å². The van der Waals surface area contributed by atoms with Gasteiger partial charge in [0.25, 0.3) is 5.91 Å². The Morgan fingerprint density at radius 3 is 2.43 bits per heavy atom. The van der Waals surface area contributed by atoms with Crippen LogP contribution in [0.1, 0.15) is 11.1 Å². The van der Waals surface area contributed by atoms with E-state index in [9.17, 15) is 4.79 Å². The zero-order valence-corrected chi connectivity index (χ0v) is 12.4. The monoisotopic (exact) mass is 298 g/mol. The molecule has 1 aliphatic rings. The molecular weight excluding hydrogens is 284 g/mol. The molecule has 0 N–H and O–H groups in total. The summed E-state index contributed by atoms with van der Waals surface area (Å²) in [5.74, 6) is -0.0250. The third-order valence-electron chi connectivity index (χ3n) is 3.88. The second kappa shape index (κ2) is 5.54. The highest BCUT2D eigenvalue weighted by Gasteiger charge is 2.33. The Labute approximate surface area is 134 Å². The van der Waals surface area contributed by atoms with Crippen LogP contribution in [0.3, 0.4) is 0 Å². The Kier molecular flexibility index (Phi) is 3.24. The van der Waals surface area contributed by atoms with E-state index in [1.165, 1.54) is 0 Å². The van der Waals surface area contributed by atoms with Crippen LogP contribution in [0, 0.1) is 0 Å². The van der Waals surface area contributed by atoms with Crippen molar-refractivity contribution in [1.82, 2.24) is 4.98 Å². The van der Waals surface area contributed by atoms with Gasteiger partial charge in [0.05, 0.1) is 23.1 Å². The summed E-state index contributed by atoms with van der Waals surface area (Å²) in [5.41, 5.74) is 4.34. The fraction of sp³-hybridized carbons (Fsp3) is 0. The number of rotatable bonds is 2. The predicted octanol–water partition coefficient (Wildman–Crippen LogP) is 4.30. The summed E-state index contributed by atoms with van der Waals surface area (Å²) in [4.78, 5) is 18.8. The Bertz CT molecular complexity index is 886. The number of carbonyl (C=O) groups is 1. The number of benzene rings is 2. The van der Waals surface area contributed by atoms with Crippen LogP contribution in [-0.4, -0.2) is 10.9 Å². The number of anilines is 2. The molecule has 4 rings (SSSR count). The topological polar surface area (TPSA) is 33.2 Å². The largest absolute Gasteiger partial charge is 0.275 e. The van der Waals surface area contributed by atoms with Gasteiger partial charge >= 0.3 is 0 Å². The molecule has 3 nitrogen and oxygen atoms in total. The van der Waals surface area contributed by atoms with E-state index in [0.29, 0.717) is 5.57 Å². The highest BCUT2D eigenvalue weighted by molar-refractivity contribution is 6.37. The first-order valence-electron chi connectivity index (χ1n) is 7.45. The molecule has 0 spiro atoms. The van der Waals surface area contributed by atoms with Gasteiger partial charge in [-0.2, -0.15) is 0 Å². The van der Waals surface area contributed by atoms with Crippen LogP contribution < -0.4 is 4.90 Å². The van der Waals surface area contributed by atoms with Gasteiger partial charge in [0.2, 0.25) is 0 Å². The van der Waals surface area contributed by atoms with Crippen molar-refractivity contribution in [2.75, 3.05) is 4.90 Å². The number of hydrogen-bond acceptors (Lipinski definition) is 2. The van der Waals surface area contributed by atoms with Gasteiger partial charge in [-0.15, -0.1) is 0 Å². The van der Waals surface area contributed by atoms with Crippen molar-refractivity contribution in [3.05, 3.63) is 90.3 Å². The maximum Gasteiger partial charge on any atom is 0.263 e. The lowest BCUT2D eigenvalue weighted by Crippen LogP contribution is -2.20. The van der Waals surface area contributed by atoms with Gasteiger partial charge < -0.3 is 0 Å². The van der Waals surface area contributed by atoms with E-state index in [-0.39, 0.29) is 5.91 Å².